The summed E-state index contributed by atoms with van der Waals surface area (Å²) < 4.78 is 26.5. The molecule has 2 aromatic rings. The van der Waals surface area contributed by atoms with Crippen molar-refractivity contribution in [2.45, 2.75) is 17.7 Å². The Morgan fingerprint density at radius 2 is 1.94 bits per heavy atom. The number of anilines is 1. The molecular formula is C12H15N3O2S. The molecule has 1 aromatic heterocycles. The molecule has 5 nitrogen and oxygen atoms in total. The molecule has 3 rings (SSSR count). The van der Waals surface area contributed by atoms with Crippen LogP contribution in [0.5, 0.6) is 0 Å². The van der Waals surface area contributed by atoms with E-state index in [2.05, 4.69) is 4.98 Å². The van der Waals surface area contributed by atoms with Gasteiger partial charge in [0.15, 0.2) is 0 Å². The lowest BCUT2D eigenvalue weighted by molar-refractivity contribution is 0.478. The van der Waals surface area contributed by atoms with Gasteiger partial charge in [0.2, 0.25) is 10.0 Å². The van der Waals surface area contributed by atoms with Crippen LogP contribution in [0.2, 0.25) is 0 Å². The number of rotatable bonds is 2. The van der Waals surface area contributed by atoms with Crippen LogP contribution in [-0.4, -0.2) is 30.8 Å². The van der Waals surface area contributed by atoms with Gasteiger partial charge >= 0.3 is 0 Å². The van der Waals surface area contributed by atoms with Gasteiger partial charge in [-0.05, 0) is 31.0 Å². The summed E-state index contributed by atoms with van der Waals surface area (Å²) in [4.78, 5) is 3.31. The minimum absolute atomic E-state index is 0.326. The molecule has 96 valence electrons. The van der Waals surface area contributed by atoms with Crippen LogP contribution >= 0.6 is 0 Å². The molecule has 0 amide bonds. The van der Waals surface area contributed by atoms with Crippen LogP contribution in [0.25, 0.3) is 10.9 Å². The first kappa shape index (κ1) is 11.6. The molecule has 1 fully saturated rings. The van der Waals surface area contributed by atoms with Crippen molar-refractivity contribution in [2.75, 3.05) is 18.8 Å². The summed E-state index contributed by atoms with van der Waals surface area (Å²) in [6, 6.07) is 5.26. The van der Waals surface area contributed by atoms with Crippen LogP contribution in [0.4, 0.5) is 5.69 Å². The van der Waals surface area contributed by atoms with Crippen LogP contribution < -0.4 is 5.73 Å². The normalized spacial score (nSPS) is 17.6. The first-order valence-corrected chi connectivity index (χ1v) is 7.40. The fourth-order valence-corrected chi connectivity index (χ4v) is 4.07. The van der Waals surface area contributed by atoms with Gasteiger partial charge in [-0.25, -0.2) is 8.42 Å². The number of hydrogen-bond donors (Lipinski definition) is 2. The van der Waals surface area contributed by atoms with E-state index < -0.39 is 10.0 Å². The maximum Gasteiger partial charge on any atom is 0.245 e. The fourth-order valence-electron chi connectivity index (χ4n) is 2.39. The number of fused-ring (bicyclic) bond motifs is 1. The molecule has 0 spiro atoms. The van der Waals surface area contributed by atoms with Gasteiger partial charge in [0, 0.05) is 35.9 Å². The van der Waals surface area contributed by atoms with E-state index in [1.165, 1.54) is 0 Å². The fraction of sp³-hybridized carbons (Fsp3) is 0.333. The van der Waals surface area contributed by atoms with Crippen LogP contribution in [0.1, 0.15) is 12.8 Å². The Hall–Kier alpha value is -1.53. The van der Waals surface area contributed by atoms with Crippen LogP contribution in [0.15, 0.2) is 29.3 Å². The van der Waals surface area contributed by atoms with Crippen molar-refractivity contribution in [3.63, 3.8) is 0 Å². The smallest absolute Gasteiger partial charge is 0.245 e. The molecule has 1 aliphatic heterocycles. The Bertz CT molecular complexity index is 684. The monoisotopic (exact) mass is 265 g/mol. The summed E-state index contributed by atoms with van der Waals surface area (Å²) in [7, 11) is -3.39. The molecule has 1 saturated heterocycles. The second-order valence-electron chi connectivity index (χ2n) is 4.57. The van der Waals surface area contributed by atoms with E-state index >= 15 is 0 Å². The van der Waals surface area contributed by atoms with Gasteiger partial charge in [-0.3, -0.25) is 0 Å². The highest BCUT2D eigenvalue weighted by atomic mass is 32.2. The molecule has 18 heavy (non-hydrogen) atoms. The average molecular weight is 265 g/mol. The molecule has 3 N–H and O–H groups in total. The first-order valence-electron chi connectivity index (χ1n) is 5.96. The van der Waals surface area contributed by atoms with Gasteiger partial charge < -0.3 is 10.7 Å². The number of sulfonamides is 1. The van der Waals surface area contributed by atoms with Crippen molar-refractivity contribution in [2.24, 2.45) is 0 Å². The number of H-pyrrole nitrogens is 1. The van der Waals surface area contributed by atoms with Crippen LogP contribution in [0, 0.1) is 0 Å². The highest BCUT2D eigenvalue weighted by Gasteiger charge is 2.29. The molecular weight excluding hydrogens is 250 g/mol. The quantitative estimate of drug-likeness (QED) is 0.808. The molecule has 0 unspecified atom stereocenters. The van der Waals surface area contributed by atoms with E-state index in [1.54, 1.807) is 28.7 Å². The zero-order chi connectivity index (χ0) is 12.8. The number of aromatic amines is 1. The third-order valence-electron chi connectivity index (χ3n) is 3.35. The minimum atomic E-state index is -3.39. The summed E-state index contributed by atoms with van der Waals surface area (Å²) in [5, 5.41) is 0.668. The summed E-state index contributed by atoms with van der Waals surface area (Å²) >= 11 is 0. The molecule has 0 radical (unpaired) electrons. The molecule has 0 atom stereocenters. The predicted molar refractivity (Wildman–Crippen MR) is 70.7 cm³/mol. The van der Waals surface area contributed by atoms with E-state index in [0.717, 1.165) is 18.4 Å². The van der Waals surface area contributed by atoms with Crippen molar-refractivity contribution in [1.82, 2.24) is 9.29 Å². The Morgan fingerprint density at radius 1 is 1.22 bits per heavy atom. The Morgan fingerprint density at radius 3 is 2.67 bits per heavy atom. The maximum absolute atomic E-state index is 12.5. The number of nitrogens with two attached hydrogens (primary N) is 1. The van der Waals surface area contributed by atoms with E-state index in [4.69, 9.17) is 5.73 Å². The van der Waals surface area contributed by atoms with Gasteiger partial charge in [-0.2, -0.15) is 4.31 Å². The van der Waals surface area contributed by atoms with Crippen molar-refractivity contribution in [3.8, 4) is 0 Å². The van der Waals surface area contributed by atoms with Crippen molar-refractivity contribution in [3.05, 3.63) is 24.4 Å². The zero-order valence-corrected chi connectivity index (χ0v) is 10.7. The molecule has 0 bridgehead atoms. The molecule has 1 aliphatic rings. The molecule has 0 saturated carbocycles. The second-order valence-corrected chi connectivity index (χ2v) is 6.48. The minimum Gasteiger partial charge on any atom is -0.399 e. The summed E-state index contributed by atoms with van der Waals surface area (Å²) in [5.41, 5.74) is 7.09. The Labute approximate surface area is 106 Å². The summed E-state index contributed by atoms with van der Waals surface area (Å²) in [6.07, 6.45) is 3.42. The number of hydrogen-bond acceptors (Lipinski definition) is 3. The lowest BCUT2D eigenvalue weighted by Crippen LogP contribution is -2.27. The van der Waals surface area contributed by atoms with Crippen molar-refractivity contribution >= 4 is 26.6 Å². The standard InChI is InChI=1S/C12H15N3O2S/c13-9-3-4-11-10(7-9)12(8-14-11)18(16,17)15-5-1-2-6-15/h3-4,7-8,14H,1-2,5-6,13H2. The molecule has 0 aliphatic carbocycles. The van der Waals surface area contributed by atoms with Gasteiger partial charge in [0.05, 0.1) is 0 Å². The summed E-state index contributed by atoms with van der Waals surface area (Å²) in [5.74, 6) is 0. The first-order chi connectivity index (χ1) is 8.59. The average Bonchev–Trinajstić information content (AvgIpc) is 2.97. The highest BCUT2D eigenvalue weighted by molar-refractivity contribution is 7.89. The molecule has 2 heterocycles. The van der Waals surface area contributed by atoms with Crippen LogP contribution in [-0.2, 0) is 10.0 Å². The van der Waals surface area contributed by atoms with Gasteiger partial charge in [0.1, 0.15) is 4.90 Å². The lowest BCUT2D eigenvalue weighted by atomic mass is 10.2. The van der Waals surface area contributed by atoms with Gasteiger partial charge in [-0.1, -0.05) is 0 Å². The summed E-state index contributed by atoms with van der Waals surface area (Å²) in [6.45, 7) is 1.22. The Balaban J connectivity index is 2.16. The third-order valence-corrected chi connectivity index (χ3v) is 5.29. The number of benzene rings is 1. The second kappa shape index (κ2) is 4.00. The van der Waals surface area contributed by atoms with Crippen LogP contribution in [0.3, 0.4) is 0 Å². The Kier molecular flexibility index (Phi) is 2.57. The number of nitrogen functional groups attached to an aromatic ring is 1. The number of nitrogens with zero attached hydrogens (tertiary/aromatic N) is 1. The number of nitrogens with one attached hydrogen (secondary N) is 1. The van der Waals surface area contributed by atoms with E-state index in [1.807, 2.05) is 0 Å². The number of aromatic nitrogens is 1. The van der Waals surface area contributed by atoms with Gasteiger partial charge in [-0.15, -0.1) is 0 Å². The van der Waals surface area contributed by atoms with E-state index in [9.17, 15) is 8.42 Å². The SMILES string of the molecule is Nc1ccc2[nH]cc(S(=O)(=O)N3CCCC3)c2c1. The lowest BCUT2D eigenvalue weighted by Gasteiger charge is -2.14. The van der Waals surface area contributed by atoms with E-state index in [0.29, 0.717) is 29.1 Å². The van der Waals surface area contributed by atoms with Crippen molar-refractivity contribution in [1.29, 1.82) is 0 Å². The van der Waals surface area contributed by atoms with Gasteiger partial charge in [0.25, 0.3) is 0 Å². The third kappa shape index (κ3) is 1.69. The predicted octanol–water partition coefficient (Wildman–Crippen LogP) is 1.53. The topological polar surface area (TPSA) is 79.2 Å². The zero-order valence-electron chi connectivity index (χ0n) is 9.89. The molecule has 1 aromatic carbocycles. The maximum atomic E-state index is 12.5. The molecule has 6 heteroatoms. The van der Waals surface area contributed by atoms with E-state index in [-0.39, 0.29) is 0 Å². The largest absolute Gasteiger partial charge is 0.399 e. The highest BCUT2D eigenvalue weighted by Crippen LogP contribution is 2.28. The van der Waals surface area contributed by atoms with Crippen molar-refractivity contribution < 1.29 is 8.42 Å².